The first-order valence-electron chi connectivity index (χ1n) is 8.99. The number of rotatable bonds is 3. The van der Waals surface area contributed by atoms with E-state index in [1.54, 1.807) is 0 Å². The fraction of sp³-hybridized carbons (Fsp3) is 0.778. The van der Waals surface area contributed by atoms with Crippen molar-refractivity contribution in [2.75, 3.05) is 26.2 Å². The Kier molecular flexibility index (Phi) is 3.71. The number of aryl methyl sites for hydroxylation is 2. The zero-order chi connectivity index (χ0) is 16.0. The van der Waals surface area contributed by atoms with Gasteiger partial charge in [0, 0.05) is 43.1 Å². The number of carbonyl (C=O) groups excluding carboxylic acids is 1. The third-order valence-electron chi connectivity index (χ3n) is 5.98. The molecular weight excluding hydrogens is 290 g/mol. The minimum absolute atomic E-state index is 0.321. The van der Waals surface area contributed by atoms with Crippen LogP contribution in [0.5, 0.6) is 0 Å². The van der Waals surface area contributed by atoms with Crippen LogP contribution in [-0.2, 0) is 11.3 Å². The van der Waals surface area contributed by atoms with Crippen LogP contribution in [0.15, 0.2) is 4.52 Å². The number of carbonyl (C=O) groups is 1. The van der Waals surface area contributed by atoms with Gasteiger partial charge < -0.3 is 9.42 Å². The minimum Gasteiger partial charge on any atom is -0.361 e. The molecular formula is C18H27N3O2. The lowest BCUT2D eigenvalue weighted by molar-refractivity contribution is -0.132. The zero-order valence-corrected chi connectivity index (χ0v) is 14.3. The van der Waals surface area contributed by atoms with Crippen LogP contribution in [-0.4, -0.2) is 47.0 Å². The number of nitrogens with zero attached hydrogens (tertiary/aromatic N) is 3. The predicted octanol–water partition coefficient (Wildman–Crippen LogP) is 2.52. The molecule has 3 aliphatic rings. The van der Waals surface area contributed by atoms with E-state index in [1.807, 2.05) is 13.8 Å². The van der Waals surface area contributed by atoms with E-state index in [0.717, 1.165) is 57.0 Å². The predicted molar refractivity (Wildman–Crippen MR) is 86.8 cm³/mol. The standard InChI is InChI=1S/C18H27N3O2/c1-13-16(14(2)23-19-13)10-20-8-3-6-18(11-20)7-9-21(12-18)17(22)15-4-5-15/h15H,3-12H2,1-2H3/t18-/m1/s1. The molecule has 3 heterocycles. The lowest BCUT2D eigenvalue weighted by Gasteiger charge is -2.40. The third-order valence-corrected chi connectivity index (χ3v) is 5.98. The first-order valence-corrected chi connectivity index (χ1v) is 8.99. The van der Waals surface area contributed by atoms with Crippen molar-refractivity contribution in [3.05, 3.63) is 17.0 Å². The largest absolute Gasteiger partial charge is 0.361 e. The van der Waals surface area contributed by atoms with Gasteiger partial charge in [-0.2, -0.15) is 0 Å². The van der Waals surface area contributed by atoms with Crippen molar-refractivity contribution >= 4 is 5.91 Å². The summed E-state index contributed by atoms with van der Waals surface area (Å²) >= 11 is 0. The average Bonchev–Trinajstić information content (AvgIpc) is 3.25. The SMILES string of the molecule is Cc1noc(C)c1CN1CCC[C@@]2(CCN(C(=O)C3CC3)C2)C1. The van der Waals surface area contributed by atoms with Crippen LogP contribution in [0.4, 0.5) is 0 Å². The van der Waals surface area contributed by atoms with Crippen molar-refractivity contribution in [1.82, 2.24) is 15.0 Å². The fourth-order valence-electron chi connectivity index (χ4n) is 4.44. The number of likely N-dealkylation sites (tertiary alicyclic amines) is 2. The molecule has 1 amide bonds. The molecule has 2 saturated heterocycles. The molecule has 1 spiro atoms. The summed E-state index contributed by atoms with van der Waals surface area (Å²) in [5, 5.41) is 4.08. The molecule has 0 aromatic carbocycles. The lowest BCUT2D eigenvalue weighted by Crippen LogP contribution is -2.45. The Morgan fingerprint density at radius 2 is 2.09 bits per heavy atom. The molecule has 0 bridgehead atoms. The maximum Gasteiger partial charge on any atom is 0.225 e. The van der Waals surface area contributed by atoms with E-state index >= 15 is 0 Å². The van der Waals surface area contributed by atoms with Gasteiger partial charge in [0.15, 0.2) is 0 Å². The van der Waals surface area contributed by atoms with E-state index < -0.39 is 0 Å². The molecule has 1 aromatic heterocycles. The second-order valence-electron chi connectivity index (χ2n) is 7.90. The van der Waals surface area contributed by atoms with Crippen molar-refractivity contribution < 1.29 is 9.32 Å². The quantitative estimate of drug-likeness (QED) is 0.859. The van der Waals surface area contributed by atoms with E-state index in [0.29, 0.717) is 17.2 Å². The summed E-state index contributed by atoms with van der Waals surface area (Å²) in [5.41, 5.74) is 2.58. The van der Waals surface area contributed by atoms with Gasteiger partial charge in [0.25, 0.3) is 0 Å². The second-order valence-corrected chi connectivity index (χ2v) is 7.90. The van der Waals surface area contributed by atoms with E-state index in [9.17, 15) is 4.79 Å². The molecule has 4 rings (SSSR count). The summed E-state index contributed by atoms with van der Waals surface area (Å²) in [7, 11) is 0. The average molecular weight is 317 g/mol. The minimum atomic E-state index is 0.321. The van der Waals surface area contributed by atoms with E-state index in [-0.39, 0.29) is 0 Å². The monoisotopic (exact) mass is 317 g/mol. The van der Waals surface area contributed by atoms with Crippen molar-refractivity contribution in [2.45, 2.75) is 52.5 Å². The molecule has 1 aliphatic carbocycles. The normalized spacial score (nSPS) is 28.7. The molecule has 1 aromatic rings. The Labute approximate surface area is 138 Å². The molecule has 5 heteroatoms. The van der Waals surface area contributed by atoms with Crippen molar-refractivity contribution in [2.24, 2.45) is 11.3 Å². The molecule has 1 atom stereocenters. The maximum atomic E-state index is 12.4. The fourth-order valence-corrected chi connectivity index (χ4v) is 4.44. The summed E-state index contributed by atoms with van der Waals surface area (Å²) < 4.78 is 5.31. The molecule has 2 aliphatic heterocycles. The zero-order valence-electron chi connectivity index (χ0n) is 14.3. The number of hydrogen-bond donors (Lipinski definition) is 0. The molecule has 0 unspecified atom stereocenters. The Bertz CT molecular complexity index is 588. The molecule has 0 radical (unpaired) electrons. The van der Waals surface area contributed by atoms with Gasteiger partial charge in [0.2, 0.25) is 5.91 Å². The van der Waals surface area contributed by atoms with Crippen LogP contribution in [0.1, 0.15) is 49.1 Å². The Morgan fingerprint density at radius 3 is 2.78 bits per heavy atom. The summed E-state index contributed by atoms with van der Waals surface area (Å²) in [6.07, 6.45) is 5.89. The Hall–Kier alpha value is -1.36. The highest BCUT2D eigenvalue weighted by atomic mass is 16.5. The van der Waals surface area contributed by atoms with Gasteiger partial charge in [-0.05, 0) is 52.5 Å². The summed E-state index contributed by atoms with van der Waals surface area (Å²) in [6, 6.07) is 0. The first-order chi connectivity index (χ1) is 11.1. The maximum absolute atomic E-state index is 12.4. The van der Waals surface area contributed by atoms with Gasteiger partial charge in [-0.15, -0.1) is 0 Å². The van der Waals surface area contributed by atoms with E-state index in [4.69, 9.17) is 4.52 Å². The molecule has 3 fully saturated rings. The number of hydrogen-bond acceptors (Lipinski definition) is 4. The molecule has 23 heavy (non-hydrogen) atoms. The van der Waals surface area contributed by atoms with Crippen LogP contribution < -0.4 is 0 Å². The van der Waals surface area contributed by atoms with E-state index in [2.05, 4.69) is 15.0 Å². The Balaban J connectivity index is 1.42. The smallest absolute Gasteiger partial charge is 0.225 e. The number of amides is 1. The van der Waals surface area contributed by atoms with Gasteiger partial charge in [-0.3, -0.25) is 9.69 Å². The Morgan fingerprint density at radius 1 is 1.26 bits per heavy atom. The van der Waals surface area contributed by atoms with Crippen molar-refractivity contribution in [3.8, 4) is 0 Å². The van der Waals surface area contributed by atoms with Gasteiger partial charge >= 0.3 is 0 Å². The summed E-state index contributed by atoms with van der Waals surface area (Å²) in [4.78, 5) is 17.0. The van der Waals surface area contributed by atoms with E-state index in [1.165, 1.54) is 24.8 Å². The van der Waals surface area contributed by atoms with Crippen molar-refractivity contribution in [3.63, 3.8) is 0 Å². The van der Waals surface area contributed by atoms with Gasteiger partial charge in [0.1, 0.15) is 5.76 Å². The first kappa shape index (κ1) is 15.2. The van der Waals surface area contributed by atoms with Crippen LogP contribution in [0.3, 0.4) is 0 Å². The van der Waals surface area contributed by atoms with Gasteiger partial charge in [0.05, 0.1) is 5.69 Å². The van der Waals surface area contributed by atoms with Crippen LogP contribution in [0.2, 0.25) is 0 Å². The lowest BCUT2D eigenvalue weighted by atomic mass is 9.79. The molecule has 126 valence electrons. The van der Waals surface area contributed by atoms with Gasteiger partial charge in [-0.25, -0.2) is 0 Å². The topological polar surface area (TPSA) is 49.6 Å². The van der Waals surface area contributed by atoms with Crippen molar-refractivity contribution in [1.29, 1.82) is 0 Å². The second kappa shape index (κ2) is 5.62. The highest BCUT2D eigenvalue weighted by Crippen LogP contribution is 2.41. The molecule has 1 saturated carbocycles. The molecule has 0 N–H and O–H groups in total. The third kappa shape index (κ3) is 2.91. The van der Waals surface area contributed by atoms with Gasteiger partial charge in [-0.1, -0.05) is 5.16 Å². The van der Waals surface area contributed by atoms with Crippen LogP contribution in [0, 0.1) is 25.2 Å². The summed E-state index contributed by atoms with van der Waals surface area (Å²) in [6.45, 7) is 9.14. The highest BCUT2D eigenvalue weighted by Gasteiger charge is 2.45. The molecule has 5 nitrogen and oxygen atoms in total. The number of piperidine rings is 1. The highest BCUT2D eigenvalue weighted by molar-refractivity contribution is 5.81. The number of aromatic nitrogens is 1. The van der Waals surface area contributed by atoms with Crippen LogP contribution >= 0.6 is 0 Å². The summed E-state index contributed by atoms with van der Waals surface area (Å²) in [5.74, 6) is 1.72. The van der Waals surface area contributed by atoms with Crippen LogP contribution in [0.25, 0.3) is 0 Å².